The van der Waals surface area contributed by atoms with E-state index in [4.69, 9.17) is 0 Å². The summed E-state index contributed by atoms with van der Waals surface area (Å²) in [5.41, 5.74) is 2.39. The van der Waals surface area contributed by atoms with Gasteiger partial charge in [-0.1, -0.05) is 37.3 Å². The van der Waals surface area contributed by atoms with Crippen molar-refractivity contribution in [3.05, 3.63) is 64.7 Å². The number of aromatic nitrogens is 3. The molecule has 3 aromatic rings. The highest BCUT2D eigenvalue weighted by atomic mass is 16.2. The number of pyridine rings is 1. The van der Waals surface area contributed by atoms with E-state index in [1.165, 1.54) is 0 Å². The molecule has 1 N–H and O–H groups in total. The second-order valence-electron chi connectivity index (χ2n) is 5.56. The van der Waals surface area contributed by atoms with Gasteiger partial charge in [0.2, 0.25) is 5.91 Å². The molecule has 6 heteroatoms. The normalized spacial score (nSPS) is 10.9. The quantitative estimate of drug-likeness (QED) is 0.751. The Morgan fingerprint density at radius 1 is 1.12 bits per heavy atom. The van der Waals surface area contributed by atoms with Crippen molar-refractivity contribution in [2.45, 2.75) is 26.4 Å². The Bertz CT molecular complexity index is 896. The third kappa shape index (κ3) is 3.22. The maximum atomic E-state index is 12.8. The molecule has 124 valence electrons. The molecule has 0 aliphatic rings. The predicted molar refractivity (Wildman–Crippen MR) is 92.8 cm³/mol. The van der Waals surface area contributed by atoms with E-state index in [1.54, 1.807) is 22.3 Å². The molecule has 1 amide bonds. The molecular formula is C18H20N4O2. The van der Waals surface area contributed by atoms with Crippen molar-refractivity contribution < 1.29 is 4.79 Å². The minimum atomic E-state index is -0.113. The zero-order valence-electron chi connectivity index (χ0n) is 13.6. The van der Waals surface area contributed by atoms with Gasteiger partial charge in [0.05, 0.1) is 12.1 Å². The first kappa shape index (κ1) is 16.0. The fourth-order valence-corrected chi connectivity index (χ4v) is 2.70. The lowest BCUT2D eigenvalue weighted by Crippen LogP contribution is -2.31. The number of carbonyl (C=O) groups excluding carboxylic acids is 1. The number of imidazole rings is 1. The van der Waals surface area contributed by atoms with Gasteiger partial charge in [-0.2, -0.15) is 0 Å². The van der Waals surface area contributed by atoms with Gasteiger partial charge in [-0.3, -0.25) is 13.9 Å². The van der Waals surface area contributed by atoms with E-state index in [1.807, 2.05) is 42.5 Å². The van der Waals surface area contributed by atoms with Crippen LogP contribution >= 0.6 is 0 Å². The summed E-state index contributed by atoms with van der Waals surface area (Å²) in [5, 5.41) is 2.80. The number of nitrogens with zero attached hydrogens (tertiary/aromatic N) is 3. The summed E-state index contributed by atoms with van der Waals surface area (Å²) in [6, 6.07) is 13.6. The van der Waals surface area contributed by atoms with Crippen molar-refractivity contribution in [3.63, 3.8) is 0 Å². The van der Waals surface area contributed by atoms with Gasteiger partial charge in [0.1, 0.15) is 0 Å². The molecular weight excluding hydrogens is 304 g/mol. The van der Waals surface area contributed by atoms with Crippen LogP contribution in [0.4, 0.5) is 0 Å². The Kier molecular flexibility index (Phi) is 4.74. The average molecular weight is 324 g/mol. The Morgan fingerprint density at radius 2 is 1.92 bits per heavy atom. The minimum absolute atomic E-state index is 0.0240. The molecule has 0 radical (unpaired) electrons. The van der Waals surface area contributed by atoms with Crippen molar-refractivity contribution in [1.29, 1.82) is 0 Å². The highest BCUT2D eigenvalue weighted by molar-refractivity contribution is 5.75. The minimum Gasteiger partial charge on any atom is -0.354 e. The van der Waals surface area contributed by atoms with Crippen LogP contribution in [0.5, 0.6) is 0 Å². The summed E-state index contributed by atoms with van der Waals surface area (Å²) >= 11 is 0. The molecule has 0 aliphatic carbocycles. The molecule has 2 aromatic heterocycles. The van der Waals surface area contributed by atoms with E-state index in [-0.39, 0.29) is 11.6 Å². The first-order valence-electron chi connectivity index (χ1n) is 8.05. The molecule has 6 nitrogen and oxygen atoms in total. The van der Waals surface area contributed by atoms with Crippen molar-refractivity contribution in [1.82, 2.24) is 19.4 Å². The maximum absolute atomic E-state index is 12.8. The Labute approximate surface area is 139 Å². The van der Waals surface area contributed by atoms with Crippen LogP contribution in [0.1, 0.15) is 18.9 Å². The summed E-state index contributed by atoms with van der Waals surface area (Å²) in [7, 11) is 0. The van der Waals surface area contributed by atoms with Crippen molar-refractivity contribution in [3.8, 4) is 0 Å². The molecule has 24 heavy (non-hydrogen) atoms. The lowest BCUT2D eigenvalue weighted by atomic mass is 10.2. The van der Waals surface area contributed by atoms with Crippen molar-refractivity contribution >= 4 is 17.1 Å². The first-order chi connectivity index (χ1) is 11.7. The molecule has 0 saturated heterocycles. The highest BCUT2D eigenvalue weighted by Crippen LogP contribution is 2.12. The Balaban J connectivity index is 1.94. The fourth-order valence-electron chi connectivity index (χ4n) is 2.70. The van der Waals surface area contributed by atoms with Gasteiger partial charge in [0.25, 0.3) is 0 Å². The Morgan fingerprint density at radius 3 is 2.67 bits per heavy atom. The van der Waals surface area contributed by atoms with Crippen LogP contribution in [0.15, 0.2) is 53.5 Å². The number of hydrogen-bond acceptors (Lipinski definition) is 3. The van der Waals surface area contributed by atoms with E-state index >= 15 is 0 Å². The van der Waals surface area contributed by atoms with Gasteiger partial charge in [-0.15, -0.1) is 0 Å². The van der Waals surface area contributed by atoms with Crippen LogP contribution < -0.4 is 11.0 Å². The van der Waals surface area contributed by atoms with Crippen LogP contribution in [0.25, 0.3) is 11.2 Å². The second kappa shape index (κ2) is 7.12. The number of rotatable bonds is 6. The molecule has 0 saturated carbocycles. The van der Waals surface area contributed by atoms with E-state index < -0.39 is 0 Å². The molecule has 0 unspecified atom stereocenters. The summed E-state index contributed by atoms with van der Waals surface area (Å²) in [6.07, 6.45) is 2.11. The first-order valence-corrected chi connectivity index (χ1v) is 8.05. The van der Waals surface area contributed by atoms with Crippen LogP contribution in [0, 0.1) is 0 Å². The van der Waals surface area contributed by atoms with Crippen LogP contribution in [0.2, 0.25) is 0 Å². The van der Waals surface area contributed by atoms with E-state index in [2.05, 4.69) is 10.3 Å². The molecule has 0 fully saturated rings. The van der Waals surface area contributed by atoms with Gasteiger partial charge in [0, 0.05) is 25.7 Å². The van der Waals surface area contributed by atoms with Crippen LogP contribution in [-0.2, 0) is 17.9 Å². The van der Waals surface area contributed by atoms with Crippen LogP contribution in [0.3, 0.4) is 0 Å². The maximum Gasteiger partial charge on any atom is 0.330 e. The molecule has 2 heterocycles. The molecule has 0 spiro atoms. The number of hydrogen-bond donors (Lipinski definition) is 1. The zero-order chi connectivity index (χ0) is 16.9. The van der Waals surface area contributed by atoms with Gasteiger partial charge in [-0.25, -0.2) is 9.78 Å². The SMILES string of the molecule is CCC(=O)NCCn1c(=O)n(Cc2ccccc2)c2cccnc21. The van der Waals surface area contributed by atoms with Gasteiger partial charge in [0.15, 0.2) is 5.65 Å². The smallest absolute Gasteiger partial charge is 0.330 e. The number of benzene rings is 1. The van der Waals surface area contributed by atoms with Gasteiger partial charge < -0.3 is 5.32 Å². The van der Waals surface area contributed by atoms with Crippen molar-refractivity contribution in [2.75, 3.05) is 6.54 Å². The third-order valence-corrected chi connectivity index (χ3v) is 3.94. The fraction of sp³-hybridized carbons (Fsp3) is 0.278. The van der Waals surface area contributed by atoms with Gasteiger partial charge >= 0.3 is 5.69 Å². The number of carbonyl (C=O) groups is 1. The molecule has 0 bridgehead atoms. The summed E-state index contributed by atoms with van der Waals surface area (Å²) in [4.78, 5) is 28.5. The van der Waals surface area contributed by atoms with E-state index in [0.717, 1.165) is 11.1 Å². The lowest BCUT2D eigenvalue weighted by Gasteiger charge is -2.04. The predicted octanol–water partition coefficient (Wildman–Crippen LogP) is 1.77. The van der Waals surface area contributed by atoms with Crippen LogP contribution in [-0.4, -0.2) is 26.6 Å². The zero-order valence-corrected chi connectivity index (χ0v) is 13.6. The number of nitrogens with one attached hydrogen (secondary N) is 1. The van der Waals surface area contributed by atoms with E-state index in [9.17, 15) is 9.59 Å². The topological polar surface area (TPSA) is 68.9 Å². The van der Waals surface area contributed by atoms with Crippen molar-refractivity contribution in [2.24, 2.45) is 0 Å². The summed E-state index contributed by atoms with van der Waals surface area (Å²) < 4.78 is 3.34. The number of fused-ring (bicyclic) bond motifs is 1. The third-order valence-electron chi connectivity index (χ3n) is 3.94. The van der Waals surface area contributed by atoms with Gasteiger partial charge in [-0.05, 0) is 17.7 Å². The highest BCUT2D eigenvalue weighted by Gasteiger charge is 2.14. The largest absolute Gasteiger partial charge is 0.354 e. The summed E-state index contributed by atoms with van der Waals surface area (Å²) in [6.45, 7) is 3.11. The monoisotopic (exact) mass is 324 g/mol. The molecule has 0 aliphatic heterocycles. The second-order valence-corrected chi connectivity index (χ2v) is 5.56. The average Bonchev–Trinajstić information content (AvgIpc) is 2.88. The Hall–Kier alpha value is -2.89. The summed E-state index contributed by atoms with van der Waals surface area (Å²) in [5.74, 6) is -0.0240. The molecule has 0 atom stereocenters. The molecule has 1 aromatic carbocycles. The van der Waals surface area contributed by atoms with E-state index in [0.29, 0.717) is 31.7 Å². The lowest BCUT2D eigenvalue weighted by molar-refractivity contribution is -0.120. The number of amides is 1. The molecule has 3 rings (SSSR count). The standard InChI is InChI=1S/C18H20N4O2/c1-2-16(23)19-11-12-21-17-15(9-6-10-20-17)22(18(21)24)13-14-7-4-3-5-8-14/h3-10H,2,11-13H2,1H3,(H,19,23).